The zero-order chi connectivity index (χ0) is 24.7. The lowest BCUT2D eigenvalue weighted by Gasteiger charge is -2.38. The highest BCUT2D eigenvalue weighted by atomic mass is 19.3. The zero-order valence-corrected chi connectivity index (χ0v) is 20.0. The molecule has 0 saturated carbocycles. The Morgan fingerprint density at radius 1 is 0.943 bits per heavy atom. The lowest BCUT2D eigenvalue weighted by Crippen LogP contribution is -2.50. The van der Waals surface area contributed by atoms with E-state index in [1.54, 1.807) is 36.1 Å². The summed E-state index contributed by atoms with van der Waals surface area (Å²) in [6.07, 6.45) is -2.81. The molecule has 2 aliphatic rings. The molecule has 10 nitrogen and oxygen atoms in total. The summed E-state index contributed by atoms with van der Waals surface area (Å²) in [7, 11) is 0. The van der Waals surface area contributed by atoms with E-state index in [1.165, 1.54) is 4.57 Å². The van der Waals surface area contributed by atoms with Gasteiger partial charge in [0.1, 0.15) is 0 Å². The first-order valence-electron chi connectivity index (χ1n) is 11.6. The summed E-state index contributed by atoms with van der Waals surface area (Å²) in [4.78, 5) is 35.6. The number of anilines is 2. The van der Waals surface area contributed by atoms with Gasteiger partial charge in [-0.1, -0.05) is 12.1 Å². The smallest absolute Gasteiger partial charge is 0.296 e. The molecule has 5 rings (SSSR count). The lowest BCUT2D eigenvalue weighted by atomic mass is 10.1. The van der Waals surface area contributed by atoms with Crippen LogP contribution in [0.25, 0.3) is 17.0 Å². The number of aromatic nitrogens is 5. The van der Waals surface area contributed by atoms with E-state index in [4.69, 9.17) is 9.72 Å². The highest BCUT2D eigenvalue weighted by Crippen LogP contribution is 2.29. The van der Waals surface area contributed by atoms with Gasteiger partial charge in [0.15, 0.2) is 5.82 Å². The molecule has 12 heteroatoms. The Bertz CT molecular complexity index is 1240. The van der Waals surface area contributed by atoms with E-state index in [1.807, 2.05) is 23.6 Å². The van der Waals surface area contributed by atoms with Crippen LogP contribution in [0.5, 0.6) is 0 Å². The van der Waals surface area contributed by atoms with Gasteiger partial charge in [0, 0.05) is 46.2 Å². The minimum atomic E-state index is -2.81. The predicted molar refractivity (Wildman–Crippen MR) is 126 cm³/mol. The number of fused-ring (bicyclic) bond motifs is 1. The fourth-order valence-electron chi connectivity index (χ4n) is 4.54. The maximum atomic E-state index is 14.1. The molecule has 2 aromatic heterocycles. The summed E-state index contributed by atoms with van der Waals surface area (Å²) in [5, 5.41) is 0. The molecule has 3 aromatic rings. The van der Waals surface area contributed by atoms with E-state index >= 15 is 0 Å². The van der Waals surface area contributed by atoms with Gasteiger partial charge in [-0.2, -0.15) is 15.0 Å². The molecule has 0 aliphatic carbocycles. The highest BCUT2D eigenvalue weighted by Gasteiger charge is 2.31. The van der Waals surface area contributed by atoms with Crippen LogP contribution in [0.3, 0.4) is 0 Å². The van der Waals surface area contributed by atoms with Crippen LogP contribution in [0.4, 0.5) is 20.7 Å². The number of hydrogen-bond donors (Lipinski definition) is 0. The van der Waals surface area contributed by atoms with Crippen molar-refractivity contribution in [3.63, 3.8) is 0 Å². The van der Waals surface area contributed by atoms with Gasteiger partial charge in [-0.15, -0.1) is 0 Å². The number of ether oxygens (including phenoxy) is 1. The Hall–Kier alpha value is -3.41. The fraction of sp³-hybridized carbons (Fsp3) is 0.522. The van der Waals surface area contributed by atoms with Crippen molar-refractivity contribution in [3.8, 4) is 5.95 Å². The third-order valence-corrected chi connectivity index (χ3v) is 6.30. The summed E-state index contributed by atoms with van der Waals surface area (Å²) in [5.41, 5.74) is 0.525. The molecule has 2 aliphatic heterocycles. The molecule has 0 atom stereocenters. The molecule has 0 unspecified atom stereocenters. The number of para-hydroxylation sites is 2. The van der Waals surface area contributed by atoms with Crippen LogP contribution >= 0.6 is 0 Å². The Balaban J connectivity index is 1.62. The van der Waals surface area contributed by atoms with Crippen LogP contribution in [0.2, 0.25) is 0 Å². The van der Waals surface area contributed by atoms with Gasteiger partial charge >= 0.3 is 0 Å². The lowest BCUT2D eigenvalue weighted by molar-refractivity contribution is -0.129. The van der Waals surface area contributed by atoms with E-state index in [-0.39, 0.29) is 11.9 Å². The van der Waals surface area contributed by atoms with Gasteiger partial charge in [0.05, 0.1) is 23.2 Å². The third-order valence-electron chi connectivity index (χ3n) is 6.30. The SMILES string of the molecule is CC(=O)N1CCN(c2nc(N3CCOC(C)(C)C3)nc(-n3c(C(F)F)nc4ccccc43)n2)CC1. The number of nitrogens with zero attached hydrogens (tertiary/aromatic N) is 8. The van der Waals surface area contributed by atoms with Crippen molar-refractivity contribution >= 4 is 28.8 Å². The quantitative estimate of drug-likeness (QED) is 0.555. The van der Waals surface area contributed by atoms with Crippen LogP contribution in [0.15, 0.2) is 24.3 Å². The molecular formula is C23H28F2N8O2. The van der Waals surface area contributed by atoms with E-state index in [2.05, 4.69) is 15.0 Å². The summed E-state index contributed by atoms with van der Waals surface area (Å²) >= 11 is 0. The molecule has 1 amide bonds. The van der Waals surface area contributed by atoms with Crippen molar-refractivity contribution in [2.45, 2.75) is 32.8 Å². The van der Waals surface area contributed by atoms with Gasteiger partial charge < -0.3 is 19.4 Å². The topological polar surface area (TPSA) is 92.5 Å². The molecule has 2 fully saturated rings. The monoisotopic (exact) mass is 486 g/mol. The van der Waals surface area contributed by atoms with Crippen LogP contribution in [0.1, 0.15) is 33.0 Å². The minimum Gasteiger partial charge on any atom is -0.372 e. The van der Waals surface area contributed by atoms with E-state index in [0.717, 1.165) is 0 Å². The first-order valence-corrected chi connectivity index (χ1v) is 11.6. The number of carbonyl (C=O) groups excluding carboxylic acids is 1. The summed E-state index contributed by atoms with van der Waals surface area (Å²) < 4.78 is 35.3. The molecule has 0 N–H and O–H groups in total. The van der Waals surface area contributed by atoms with Crippen LogP contribution in [-0.4, -0.2) is 86.8 Å². The van der Waals surface area contributed by atoms with E-state index < -0.39 is 17.9 Å². The number of piperazine rings is 1. The number of rotatable bonds is 4. The number of alkyl halides is 2. The number of imidazole rings is 1. The summed E-state index contributed by atoms with van der Waals surface area (Å²) in [5.74, 6) is 0.470. The highest BCUT2D eigenvalue weighted by molar-refractivity contribution is 5.77. The maximum absolute atomic E-state index is 14.1. The third kappa shape index (κ3) is 4.62. The van der Waals surface area contributed by atoms with Crippen molar-refractivity contribution in [2.24, 2.45) is 0 Å². The first kappa shape index (κ1) is 23.3. The molecule has 0 spiro atoms. The molecule has 35 heavy (non-hydrogen) atoms. The number of morpholine rings is 1. The van der Waals surface area contributed by atoms with Crippen LogP contribution < -0.4 is 9.80 Å². The molecule has 0 radical (unpaired) electrons. The number of benzene rings is 1. The van der Waals surface area contributed by atoms with Gasteiger partial charge in [0.2, 0.25) is 23.8 Å². The molecular weight excluding hydrogens is 458 g/mol. The maximum Gasteiger partial charge on any atom is 0.296 e. The Labute approximate surface area is 201 Å². The zero-order valence-electron chi connectivity index (χ0n) is 20.0. The minimum absolute atomic E-state index is 0.0173. The summed E-state index contributed by atoms with van der Waals surface area (Å²) in [6.45, 7) is 9.26. The predicted octanol–water partition coefficient (Wildman–Crippen LogP) is 2.43. The van der Waals surface area contributed by atoms with Crippen molar-refractivity contribution in [1.29, 1.82) is 0 Å². The van der Waals surface area contributed by atoms with E-state index in [0.29, 0.717) is 68.8 Å². The molecule has 2 saturated heterocycles. The second-order valence-electron chi connectivity index (χ2n) is 9.35. The second-order valence-corrected chi connectivity index (χ2v) is 9.35. The van der Waals surface area contributed by atoms with Gasteiger partial charge in [0.25, 0.3) is 6.43 Å². The van der Waals surface area contributed by atoms with Crippen LogP contribution in [-0.2, 0) is 9.53 Å². The Kier molecular flexibility index (Phi) is 5.99. The second kappa shape index (κ2) is 8.99. The average Bonchev–Trinajstić information content (AvgIpc) is 3.23. The Morgan fingerprint density at radius 2 is 1.60 bits per heavy atom. The first-order chi connectivity index (χ1) is 16.7. The number of halogens is 2. The largest absolute Gasteiger partial charge is 0.372 e. The van der Waals surface area contributed by atoms with Crippen molar-refractivity contribution in [3.05, 3.63) is 30.1 Å². The molecule has 4 heterocycles. The van der Waals surface area contributed by atoms with Crippen molar-refractivity contribution in [1.82, 2.24) is 29.4 Å². The number of carbonyl (C=O) groups is 1. The molecule has 0 bridgehead atoms. The van der Waals surface area contributed by atoms with Gasteiger partial charge in [-0.3, -0.25) is 9.36 Å². The standard InChI is InChI=1S/C23H28F2N8O2/c1-15(34)30-8-10-31(11-9-30)20-27-21(32-12-13-35-23(2,3)14-32)29-22(28-20)33-17-7-5-4-6-16(17)26-19(33)18(24)25/h4-7,18H,8-14H2,1-3H3. The van der Waals surface area contributed by atoms with Crippen LogP contribution in [0, 0.1) is 0 Å². The molecule has 1 aromatic carbocycles. The van der Waals surface area contributed by atoms with E-state index in [9.17, 15) is 13.6 Å². The van der Waals surface area contributed by atoms with Gasteiger partial charge in [-0.05, 0) is 26.0 Å². The number of amides is 1. The fourth-order valence-corrected chi connectivity index (χ4v) is 4.54. The van der Waals surface area contributed by atoms with Crippen molar-refractivity contribution < 1.29 is 18.3 Å². The average molecular weight is 487 g/mol. The Morgan fingerprint density at radius 3 is 2.26 bits per heavy atom. The number of hydrogen-bond acceptors (Lipinski definition) is 8. The van der Waals surface area contributed by atoms with Crippen molar-refractivity contribution in [2.75, 3.05) is 55.7 Å². The molecule has 186 valence electrons. The summed E-state index contributed by atoms with van der Waals surface area (Å²) in [6, 6.07) is 6.93. The van der Waals surface area contributed by atoms with Gasteiger partial charge in [-0.25, -0.2) is 13.8 Å². The normalized spacial score (nSPS) is 18.5.